The lowest BCUT2D eigenvalue weighted by Gasteiger charge is -2.27. The fraction of sp³-hybridized carbons (Fsp3) is 0.464. The fourth-order valence-electron chi connectivity index (χ4n) is 4.99. The van der Waals surface area contributed by atoms with Gasteiger partial charge < -0.3 is 20.3 Å². The first-order valence-electron chi connectivity index (χ1n) is 12.7. The van der Waals surface area contributed by atoms with Crippen molar-refractivity contribution in [2.45, 2.75) is 58.0 Å². The van der Waals surface area contributed by atoms with Crippen LogP contribution in [-0.4, -0.2) is 48.7 Å². The van der Waals surface area contributed by atoms with Crippen LogP contribution in [0, 0.1) is 6.92 Å². The third-order valence-electron chi connectivity index (χ3n) is 7.15. The Morgan fingerprint density at radius 2 is 2.06 bits per heavy atom. The molecule has 2 N–H and O–H groups in total. The summed E-state index contributed by atoms with van der Waals surface area (Å²) in [7, 11) is 1.65. The largest absolute Gasteiger partial charge is 0.497 e. The van der Waals surface area contributed by atoms with Gasteiger partial charge in [-0.15, -0.1) is 0 Å². The summed E-state index contributed by atoms with van der Waals surface area (Å²) < 4.78 is 5.37. The van der Waals surface area contributed by atoms with E-state index in [0.717, 1.165) is 78.2 Å². The van der Waals surface area contributed by atoms with Gasteiger partial charge in [0, 0.05) is 48.9 Å². The Hall–Kier alpha value is -3.19. The minimum Gasteiger partial charge on any atom is -0.497 e. The van der Waals surface area contributed by atoms with Gasteiger partial charge >= 0.3 is 0 Å². The molecule has 1 aliphatic carbocycles. The predicted octanol–water partition coefficient (Wildman–Crippen LogP) is 4.50. The molecule has 3 aromatic rings. The summed E-state index contributed by atoms with van der Waals surface area (Å²) in [6, 6.07) is 10.2. The molecule has 0 radical (unpaired) electrons. The van der Waals surface area contributed by atoms with E-state index in [1.54, 1.807) is 13.3 Å². The van der Waals surface area contributed by atoms with Crippen LogP contribution in [0.2, 0.25) is 0 Å². The normalized spacial score (nSPS) is 19.3. The third-order valence-corrected chi connectivity index (χ3v) is 7.15. The number of pyridine rings is 2. The van der Waals surface area contributed by atoms with Crippen LogP contribution in [-0.2, 0) is 0 Å². The van der Waals surface area contributed by atoms with Crippen molar-refractivity contribution in [3.05, 3.63) is 59.0 Å². The second-order valence-corrected chi connectivity index (χ2v) is 9.94. The number of anilines is 1. The summed E-state index contributed by atoms with van der Waals surface area (Å²) >= 11 is 0. The Morgan fingerprint density at radius 3 is 2.83 bits per heavy atom. The van der Waals surface area contributed by atoms with Crippen molar-refractivity contribution in [1.29, 1.82) is 0 Å². The summed E-state index contributed by atoms with van der Waals surface area (Å²) in [6.45, 7) is 8.87. The molecule has 1 amide bonds. The number of nitrogens with zero attached hydrogens (tertiary/aromatic N) is 3. The van der Waals surface area contributed by atoms with Crippen LogP contribution in [0.5, 0.6) is 5.75 Å². The number of rotatable bonds is 6. The zero-order chi connectivity index (χ0) is 24.5. The van der Waals surface area contributed by atoms with Crippen molar-refractivity contribution in [2.24, 2.45) is 0 Å². The van der Waals surface area contributed by atoms with E-state index in [9.17, 15) is 4.79 Å². The van der Waals surface area contributed by atoms with Crippen molar-refractivity contribution < 1.29 is 9.53 Å². The number of fused-ring (bicyclic) bond motifs is 1. The van der Waals surface area contributed by atoms with Crippen LogP contribution in [0.3, 0.4) is 0 Å². The van der Waals surface area contributed by atoms with Crippen LogP contribution in [0.4, 0.5) is 5.69 Å². The lowest BCUT2D eigenvalue weighted by atomic mass is 10.0. The summed E-state index contributed by atoms with van der Waals surface area (Å²) in [4.78, 5) is 25.8. The number of carbonyl (C=O) groups is 1. The number of methoxy groups -OCH3 is 1. The zero-order valence-electron chi connectivity index (χ0n) is 21.1. The number of benzene rings is 1. The van der Waals surface area contributed by atoms with Crippen molar-refractivity contribution in [1.82, 2.24) is 20.6 Å². The quantitative estimate of drug-likeness (QED) is 0.549. The van der Waals surface area contributed by atoms with Crippen LogP contribution >= 0.6 is 0 Å². The number of aryl methyl sites for hydroxylation is 1. The molecule has 35 heavy (non-hydrogen) atoms. The highest BCUT2D eigenvalue weighted by molar-refractivity contribution is 6.08. The monoisotopic (exact) mass is 473 g/mol. The van der Waals surface area contributed by atoms with Gasteiger partial charge in [-0.2, -0.15) is 0 Å². The van der Waals surface area contributed by atoms with Crippen molar-refractivity contribution in [3.8, 4) is 5.75 Å². The molecule has 1 aliphatic heterocycles. The molecule has 7 nitrogen and oxygen atoms in total. The highest BCUT2D eigenvalue weighted by atomic mass is 16.5. The Bertz CT molecular complexity index is 1240. The predicted molar refractivity (Wildman–Crippen MR) is 139 cm³/mol. The number of amides is 1. The highest BCUT2D eigenvalue weighted by Crippen LogP contribution is 2.43. The number of carbonyl (C=O) groups excluding carboxylic acids is 1. The molecule has 0 spiro atoms. The Morgan fingerprint density at radius 1 is 1.23 bits per heavy atom. The minimum atomic E-state index is -0.173. The van der Waals surface area contributed by atoms with Gasteiger partial charge in [-0.25, -0.2) is 0 Å². The molecule has 2 aliphatic rings. The molecule has 5 rings (SSSR count). The van der Waals surface area contributed by atoms with Crippen LogP contribution in [0.1, 0.15) is 72.4 Å². The molecule has 0 bridgehead atoms. The van der Waals surface area contributed by atoms with Gasteiger partial charge in [-0.1, -0.05) is 12.1 Å². The summed E-state index contributed by atoms with van der Waals surface area (Å²) in [5.41, 5.74) is 5.60. The standard InChI is InChI=1S/C28H35N5O2/c1-17-10-12-33(13-11-29-17)27-23-14-18(2)31-25(20-8-9-20)26(23)30-16-24(27)28(34)32-19(3)21-6-5-7-22(15-21)35-4/h5-7,14-17,19-20,29H,8-13H2,1-4H3,(H,32,34)/t17-,19-/m0/s1. The first kappa shape index (κ1) is 23.5. The zero-order valence-corrected chi connectivity index (χ0v) is 21.1. The Kier molecular flexibility index (Phi) is 6.60. The maximum absolute atomic E-state index is 13.7. The lowest BCUT2D eigenvalue weighted by molar-refractivity contribution is 0.0940. The van der Waals surface area contributed by atoms with E-state index >= 15 is 0 Å². The van der Waals surface area contributed by atoms with Gasteiger partial charge in [0.05, 0.1) is 35.6 Å². The van der Waals surface area contributed by atoms with Gasteiger partial charge in [0.1, 0.15) is 5.75 Å². The summed E-state index contributed by atoms with van der Waals surface area (Å²) in [6.07, 6.45) is 5.10. The Balaban J connectivity index is 1.56. The number of hydrogen-bond donors (Lipinski definition) is 2. The van der Waals surface area contributed by atoms with Crippen LogP contribution < -0.4 is 20.3 Å². The molecule has 2 fully saturated rings. The second-order valence-electron chi connectivity index (χ2n) is 9.94. The average Bonchev–Trinajstić information content (AvgIpc) is 3.71. The molecule has 7 heteroatoms. The third kappa shape index (κ3) is 4.96. The van der Waals surface area contributed by atoms with Gasteiger partial charge in [0.15, 0.2) is 0 Å². The van der Waals surface area contributed by atoms with E-state index in [2.05, 4.69) is 28.5 Å². The average molecular weight is 474 g/mol. The Labute approximate surface area is 207 Å². The molecular weight excluding hydrogens is 438 g/mol. The topological polar surface area (TPSA) is 79.4 Å². The molecule has 0 unspecified atom stereocenters. The molecule has 2 atom stereocenters. The van der Waals surface area contributed by atoms with E-state index in [1.807, 2.05) is 38.1 Å². The maximum atomic E-state index is 13.7. The minimum absolute atomic E-state index is 0.114. The van der Waals surface area contributed by atoms with Crippen molar-refractivity contribution in [2.75, 3.05) is 31.6 Å². The van der Waals surface area contributed by atoms with Gasteiger partial charge in [0.25, 0.3) is 5.91 Å². The lowest BCUT2D eigenvalue weighted by Crippen LogP contribution is -2.33. The molecule has 184 valence electrons. The fourth-order valence-corrected chi connectivity index (χ4v) is 4.99. The molecule has 3 heterocycles. The van der Waals surface area contributed by atoms with Crippen molar-refractivity contribution >= 4 is 22.5 Å². The van der Waals surface area contributed by atoms with Crippen LogP contribution in [0.15, 0.2) is 36.5 Å². The number of ether oxygens (including phenoxy) is 1. The van der Waals surface area contributed by atoms with Crippen molar-refractivity contribution in [3.63, 3.8) is 0 Å². The second kappa shape index (κ2) is 9.82. The maximum Gasteiger partial charge on any atom is 0.255 e. The van der Waals surface area contributed by atoms with E-state index in [4.69, 9.17) is 14.7 Å². The number of aromatic nitrogens is 2. The SMILES string of the molecule is COc1cccc([C@H](C)NC(=O)c2cnc3c(C4CC4)nc(C)cc3c2N2CCN[C@@H](C)CC2)c1. The molecular formula is C28H35N5O2. The summed E-state index contributed by atoms with van der Waals surface area (Å²) in [5.74, 6) is 1.15. The highest BCUT2D eigenvalue weighted by Gasteiger charge is 2.30. The number of hydrogen-bond acceptors (Lipinski definition) is 6. The first-order chi connectivity index (χ1) is 16.9. The molecule has 1 aromatic carbocycles. The van der Waals surface area contributed by atoms with E-state index in [1.165, 1.54) is 0 Å². The van der Waals surface area contributed by atoms with Gasteiger partial charge in [0.2, 0.25) is 0 Å². The van der Waals surface area contributed by atoms with E-state index in [-0.39, 0.29) is 11.9 Å². The number of nitrogens with one attached hydrogen (secondary N) is 2. The van der Waals surface area contributed by atoms with E-state index < -0.39 is 0 Å². The first-order valence-corrected chi connectivity index (χ1v) is 12.7. The molecule has 1 saturated carbocycles. The smallest absolute Gasteiger partial charge is 0.255 e. The van der Waals surface area contributed by atoms with E-state index in [0.29, 0.717) is 17.5 Å². The van der Waals surface area contributed by atoms with Gasteiger partial charge in [-0.05, 0) is 63.8 Å². The van der Waals surface area contributed by atoms with Gasteiger partial charge in [-0.3, -0.25) is 14.8 Å². The molecule has 1 saturated heterocycles. The summed E-state index contributed by atoms with van der Waals surface area (Å²) in [5, 5.41) is 7.82. The van der Waals surface area contributed by atoms with Crippen LogP contribution in [0.25, 0.3) is 10.9 Å². The molecule has 2 aromatic heterocycles.